The molecule has 0 spiro atoms. The van der Waals surface area contributed by atoms with Crippen LogP contribution in [0.4, 0.5) is 5.82 Å². The van der Waals surface area contributed by atoms with Crippen LogP contribution < -0.4 is 21.7 Å². The summed E-state index contributed by atoms with van der Waals surface area (Å²) >= 11 is 0. The van der Waals surface area contributed by atoms with Crippen LogP contribution in [0.1, 0.15) is 24.6 Å². The maximum absolute atomic E-state index is 11.6. The molecule has 1 heterocycles. The first-order chi connectivity index (χ1) is 10.0. The smallest absolute Gasteiger partial charge is 0.239 e. The van der Waals surface area contributed by atoms with Gasteiger partial charge in [0.05, 0.1) is 13.1 Å². The molecule has 1 aromatic rings. The first kappa shape index (κ1) is 16.9. The van der Waals surface area contributed by atoms with E-state index in [1.54, 1.807) is 6.07 Å². The van der Waals surface area contributed by atoms with Crippen molar-refractivity contribution in [2.75, 3.05) is 25.4 Å². The van der Waals surface area contributed by atoms with Crippen LogP contribution in [0.15, 0.2) is 12.1 Å². The van der Waals surface area contributed by atoms with Gasteiger partial charge < -0.3 is 21.7 Å². The first-order valence-electron chi connectivity index (χ1n) is 6.99. The van der Waals surface area contributed by atoms with Gasteiger partial charge in [0.15, 0.2) is 0 Å². The second-order valence-corrected chi connectivity index (χ2v) is 4.71. The molecule has 5 N–H and O–H groups in total. The number of anilines is 1. The minimum atomic E-state index is -0.241. The van der Waals surface area contributed by atoms with E-state index in [1.165, 1.54) is 0 Å². The van der Waals surface area contributed by atoms with E-state index in [2.05, 4.69) is 20.9 Å². The third-order valence-corrected chi connectivity index (χ3v) is 2.85. The van der Waals surface area contributed by atoms with Crippen molar-refractivity contribution in [1.29, 1.82) is 0 Å². The number of carbonyl (C=O) groups is 2. The van der Waals surface area contributed by atoms with Gasteiger partial charge in [-0.3, -0.25) is 9.59 Å². The highest BCUT2D eigenvalue weighted by Crippen LogP contribution is 2.07. The van der Waals surface area contributed by atoms with Gasteiger partial charge in [0.2, 0.25) is 11.8 Å². The topological polar surface area (TPSA) is 109 Å². The van der Waals surface area contributed by atoms with Gasteiger partial charge in [-0.25, -0.2) is 4.98 Å². The highest BCUT2D eigenvalue weighted by molar-refractivity contribution is 5.85. The zero-order valence-corrected chi connectivity index (χ0v) is 12.5. The van der Waals surface area contributed by atoms with Crippen LogP contribution in [0.25, 0.3) is 0 Å². The number of hydrogen-bond donors (Lipinski definition) is 4. The summed E-state index contributed by atoms with van der Waals surface area (Å²) in [6, 6.07) is 3.51. The Balaban J connectivity index is 2.26. The Morgan fingerprint density at radius 1 is 1.19 bits per heavy atom. The summed E-state index contributed by atoms with van der Waals surface area (Å²) in [4.78, 5) is 27.2. The summed E-state index contributed by atoms with van der Waals surface area (Å²) < 4.78 is 0. The standard InChI is InChI=1S/C14H23N5O2/c1-3-6-16-8-13(20)18-9-14(21)17-7-11-4-5-12(15)19-10(11)2/h4-5,16H,3,6-9H2,1-2H3,(H2,15,19)(H,17,21)(H,18,20). The Morgan fingerprint density at radius 2 is 1.90 bits per heavy atom. The van der Waals surface area contributed by atoms with Crippen molar-refractivity contribution < 1.29 is 9.59 Å². The number of nitrogens with zero attached hydrogens (tertiary/aromatic N) is 1. The second-order valence-electron chi connectivity index (χ2n) is 4.71. The Morgan fingerprint density at radius 3 is 2.57 bits per heavy atom. The third-order valence-electron chi connectivity index (χ3n) is 2.85. The number of aromatic nitrogens is 1. The van der Waals surface area contributed by atoms with Crippen molar-refractivity contribution in [2.24, 2.45) is 0 Å². The first-order valence-corrected chi connectivity index (χ1v) is 6.99. The van der Waals surface area contributed by atoms with Crippen LogP contribution in [0, 0.1) is 6.92 Å². The van der Waals surface area contributed by atoms with Gasteiger partial charge in [0.1, 0.15) is 5.82 Å². The number of hydrogen-bond acceptors (Lipinski definition) is 5. The monoisotopic (exact) mass is 293 g/mol. The van der Waals surface area contributed by atoms with Gasteiger partial charge in [0, 0.05) is 12.2 Å². The fraction of sp³-hybridized carbons (Fsp3) is 0.500. The number of pyridine rings is 1. The summed E-state index contributed by atoms with van der Waals surface area (Å²) in [7, 11) is 0. The van der Waals surface area contributed by atoms with E-state index in [9.17, 15) is 9.59 Å². The van der Waals surface area contributed by atoms with Crippen molar-refractivity contribution >= 4 is 17.6 Å². The highest BCUT2D eigenvalue weighted by atomic mass is 16.2. The Hall–Kier alpha value is -2.15. The number of amides is 2. The van der Waals surface area contributed by atoms with Crippen molar-refractivity contribution in [2.45, 2.75) is 26.8 Å². The molecule has 0 saturated heterocycles. The normalized spacial score (nSPS) is 10.2. The number of rotatable bonds is 8. The molecule has 0 aliphatic carbocycles. The largest absolute Gasteiger partial charge is 0.384 e. The molecule has 7 nitrogen and oxygen atoms in total. The average Bonchev–Trinajstić information content (AvgIpc) is 2.44. The number of nitrogen functional groups attached to an aromatic ring is 1. The molecule has 1 rings (SSSR count). The van der Waals surface area contributed by atoms with Gasteiger partial charge in [-0.05, 0) is 31.5 Å². The zero-order valence-electron chi connectivity index (χ0n) is 12.5. The van der Waals surface area contributed by atoms with Gasteiger partial charge in [-0.15, -0.1) is 0 Å². The molecule has 0 aliphatic heterocycles. The van der Waals surface area contributed by atoms with Crippen molar-refractivity contribution in [3.63, 3.8) is 0 Å². The zero-order chi connectivity index (χ0) is 15.7. The van der Waals surface area contributed by atoms with E-state index in [0.717, 1.165) is 24.2 Å². The molecule has 0 aliphatic rings. The summed E-state index contributed by atoms with van der Waals surface area (Å²) in [5.74, 6) is 0.0217. The molecule has 0 unspecified atom stereocenters. The number of carbonyl (C=O) groups excluding carboxylic acids is 2. The number of aryl methyl sites for hydroxylation is 1. The molecule has 0 atom stereocenters. The predicted molar refractivity (Wildman–Crippen MR) is 81.4 cm³/mol. The molecular weight excluding hydrogens is 270 g/mol. The molecule has 0 aromatic carbocycles. The van der Waals surface area contributed by atoms with E-state index in [-0.39, 0.29) is 24.9 Å². The lowest BCUT2D eigenvalue weighted by Crippen LogP contribution is -2.40. The van der Waals surface area contributed by atoms with Gasteiger partial charge in [-0.2, -0.15) is 0 Å². The molecule has 0 fully saturated rings. The molecule has 0 radical (unpaired) electrons. The number of nitrogens with two attached hydrogens (primary N) is 1. The summed E-state index contributed by atoms with van der Waals surface area (Å²) in [5, 5.41) is 8.24. The molecule has 1 aromatic heterocycles. The van der Waals surface area contributed by atoms with Crippen LogP contribution in [-0.2, 0) is 16.1 Å². The molecule has 116 valence electrons. The third kappa shape index (κ3) is 6.71. The molecule has 7 heteroatoms. The lowest BCUT2D eigenvalue weighted by molar-refractivity contribution is -0.125. The minimum Gasteiger partial charge on any atom is -0.384 e. The summed E-state index contributed by atoms with van der Waals surface area (Å²) in [6.07, 6.45) is 0.961. The van der Waals surface area contributed by atoms with E-state index in [4.69, 9.17) is 5.73 Å². The van der Waals surface area contributed by atoms with Crippen LogP contribution >= 0.6 is 0 Å². The molecule has 0 bridgehead atoms. The summed E-state index contributed by atoms with van der Waals surface area (Å²) in [5.41, 5.74) is 7.24. The molecule has 2 amide bonds. The SMILES string of the molecule is CCCNCC(=O)NCC(=O)NCc1ccc(N)nc1C. The maximum atomic E-state index is 11.6. The van der Waals surface area contributed by atoms with Gasteiger partial charge >= 0.3 is 0 Å². The van der Waals surface area contributed by atoms with Crippen LogP contribution in [-0.4, -0.2) is 36.4 Å². The predicted octanol–water partition coefficient (Wildman–Crippen LogP) is -0.296. The lowest BCUT2D eigenvalue weighted by Gasteiger charge is -2.09. The Kier molecular flexibility index (Phi) is 7.17. The maximum Gasteiger partial charge on any atom is 0.239 e. The van der Waals surface area contributed by atoms with Gasteiger partial charge in [-0.1, -0.05) is 13.0 Å². The second kappa shape index (κ2) is 8.91. The van der Waals surface area contributed by atoms with Crippen molar-refractivity contribution in [3.8, 4) is 0 Å². The quantitative estimate of drug-likeness (QED) is 0.492. The summed E-state index contributed by atoms with van der Waals surface area (Å²) in [6.45, 7) is 5.19. The van der Waals surface area contributed by atoms with Crippen LogP contribution in [0.3, 0.4) is 0 Å². The van der Waals surface area contributed by atoms with Crippen LogP contribution in [0.5, 0.6) is 0 Å². The van der Waals surface area contributed by atoms with Gasteiger partial charge in [0.25, 0.3) is 0 Å². The molecule has 0 saturated carbocycles. The fourth-order valence-corrected chi connectivity index (χ4v) is 1.67. The van der Waals surface area contributed by atoms with E-state index < -0.39 is 0 Å². The van der Waals surface area contributed by atoms with Crippen molar-refractivity contribution in [1.82, 2.24) is 20.9 Å². The average molecular weight is 293 g/mol. The van der Waals surface area contributed by atoms with E-state index in [1.807, 2.05) is 19.9 Å². The van der Waals surface area contributed by atoms with Crippen molar-refractivity contribution in [3.05, 3.63) is 23.4 Å². The Bertz CT molecular complexity index is 490. The van der Waals surface area contributed by atoms with E-state index in [0.29, 0.717) is 12.4 Å². The number of nitrogens with one attached hydrogen (secondary N) is 3. The molecular formula is C14H23N5O2. The molecule has 21 heavy (non-hydrogen) atoms. The minimum absolute atomic E-state index is 0.0336. The van der Waals surface area contributed by atoms with Crippen LogP contribution in [0.2, 0.25) is 0 Å². The van der Waals surface area contributed by atoms with E-state index >= 15 is 0 Å². The fourth-order valence-electron chi connectivity index (χ4n) is 1.67. The lowest BCUT2D eigenvalue weighted by atomic mass is 10.2. The Labute approximate surface area is 124 Å². The highest BCUT2D eigenvalue weighted by Gasteiger charge is 2.06.